The SMILES string of the molecule is C[C@@H](OC(=O)c1cc2cc([N+](=O)[O-])ccc2s1)C(=O)Nc1ccccc1C#N. The number of thiophene rings is 1. The first-order valence-corrected chi connectivity index (χ1v) is 8.89. The van der Waals surface area contributed by atoms with Gasteiger partial charge in [-0.3, -0.25) is 14.9 Å². The lowest BCUT2D eigenvalue weighted by molar-refractivity contribution is -0.384. The fourth-order valence-electron chi connectivity index (χ4n) is 2.44. The summed E-state index contributed by atoms with van der Waals surface area (Å²) in [4.78, 5) is 35.2. The lowest BCUT2D eigenvalue weighted by Gasteiger charge is -2.13. The van der Waals surface area contributed by atoms with Crippen molar-refractivity contribution >= 4 is 44.7 Å². The summed E-state index contributed by atoms with van der Waals surface area (Å²) in [6, 6.07) is 14.2. The van der Waals surface area contributed by atoms with E-state index < -0.39 is 22.9 Å². The van der Waals surface area contributed by atoms with Gasteiger partial charge < -0.3 is 10.1 Å². The first-order chi connectivity index (χ1) is 13.4. The van der Waals surface area contributed by atoms with Crippen molar-refractivity contribution in [2.24, 2.45) is 0 Å². The maximum Gasteiger partial charge on any atom is 0.349 e. The van der Waals surface area contributed by atoms with Gasteiger partial charge >= 0.3 is 5.97 Å². The number of ether oxygens (including phenoxy) is 1. The van der Waals surface area contributed by atoms with Crippen LogP contribution in [-0.2, 0) is 9.53 Å². The molecule has 0 bridgehead atoms. The number of amides is 1. The molecule has 1 aromatic heterocycles. The Morgan fingerprint density at radius 3 is 2.71 bits per heavy atom. The Morgan fingerprint density at radius 1 is 1.25 bits per heavy atom. The number of hydrogen-bond donors (Lipinski definition) is 1. The van der Waals surface area contributed by atoms with Crippen molar-refractivity contribution in [2.45, 2.75) is 13.0 Å². The van der Waals surface area contributed by atoms with Crippen LogP contribution in [0.2, 0.25) is 0 Å². The number of esters is 1. The highest BCUT2D eigenvalue weighted by Gasteiger charge is 2.21. The molecule has 0 spiro atoms. The number of nitro groups is 1. The number of para-hydroxylation sites is 1. The first kappa shape index (κ1) is 19.0. The lowest BCUT2D eigenvalue weighted by Crippen LogP contribution is -2.30. The molecule has 1 N–H and O–H groups in total. The molecular formula is C19H13N3O5S. The number of carbonyl (C=O) groups is 2. The van der Waals surface area contributed by atoms with E-state index in [9.17, 15) is 19.7 Å². The van der Waals surface area contributed by atoms with Crippen LogP contribution in [0.15, 0.2) is 48.5 Å². The number of non-ortho nitro benzene ring substituents is 1. The number of hydrogen-bond acceptors (Lipinski definition) is 7. The van der Waals surface area contributed by atoms with E-state index >= 15 is 0 Å². The van der Waals surface area contributed by atoms with E-state index in [1.54, 1.807) is 30.3 Å². The molecule has 2 aromatic carbocycles. The van der Waals surface area contributed by atoms with Gasteiger partial charge in [-0.25, -0.2) is 4.79 Å². The number of benzene rings is 2. The molecule has 28 heavy (non-hydrogen) atoms. The lowest BCUT2D eigenvalue weighted by atomic mass is 10.2. The van der Waals surface area contributed by atoms with Crippen molar-refractivity contribution in [1.29, 1.82) is 5.26 Å². The summed E-state index contributed by atoms with van der Waals surface area (Å²) in [7, 11) is 0. The van der Waals surface area contributed by atoms with Gasteiger partial charge in [0.05, 0.1) is 16.2 Å². The number of nitrogens with one attached hydrogen (secondary N) is 1. The summed E-state index contributed by atoms with van der Waals surface area (Å²) in [6.07, 6.45) is -1.10. The van der Waals surface area contributed by atoms with Crippen LogP contribution in [-0.4, -0.2) is 22.9 Å². The molecule has 9 heteroatoms. The number of fused-ring (bicyclic) bond motifs is 1. The number of nitro benzene ring substituents is 1. The highest BCUT2D eigenvalue weighted by molar-refractivity contribution is 7.20. The van der Waals surface area contributed by atoms with Gasteiger partial charge in [0, 0.05) is 22.2 Å². The second-order valence-corrected chi connectivity index (χ2v) is 6.87. The van der Waals surface area contributed by atoms with Crippen molar-refractivity contribution in [3.05, 3.63) is 69.1 Å². The largest absolute Gasteiger partial charge is 0.448 e. The predicted molar refractivity (Wildman–Crippen MR) is 103 cm³/mol. The van der Waals surface area contributed by atoms with Gasteiger partial charge in [-0.15, -0.1) is 11.3 Å². The third kappa shape index (κ3) is 3.97. The van der Waals surface area contributed by atoms with Gasteiger partial charge in [-0.1, -0.05) is 12.1 Å². The molecule has 0 saturated carbocycles. The Kier molecular flexibility index (Phi) is 5.33. The predicted octanol–water partition coefficient (Wildman–Crippen LogP) is 3.87. The van der Waals surface area contributed by atoms with Crippen LogP contribution >= 0.6 is 11.3 Å². The molecule has 0 saturated heterocycles. The minimum Gasteiger partial charge on any atom is -0.448 e. The van der Waals surface area contributed by atoms with E-state index in [-0.39, 0.29) is 10.6 Å². The zero-order valence-corrected chi connectivity index (χ0v) is 15.4. The minimum atomic E-state index is -1.10. The van der Waals surface area contributed by atoms with Crippen LogP contribution in [0.4, 0.5) is 11.4 Å². The van der Waals surface area contributed by atoms with Crippen LogP contribution < -0.4 is 5.32 Å². The summed E-state index contributed by atoms with van der Waals surface area (Å²) in [5.41, 5.74) is 0.543. The summed E-state index contributed by atoms with van der Waals surface area (Å²) < 4.78 is 5.89. The standard InChI is InChI=1S/C19H13N3O5S/c1-11(18(23)21-15-5-3-2-4-12(15)10-20)27-19(24)17-9-13-8-14(22(25)26)6-7-16(13)28-17/h2-9,11H,1H3,(H,21,23)/t11-/m1/s1. The van der Waals surface area contributed by atoms with Gasteiger partial charge in [-0.2, -0.15) is 5.26 Å². The van der Waals surface area contributed by atoms with Crippen LogP contribution in [0.25, 0.3) is 10.1 Å². The summed E-state index contributed by atoms with van der Waals surface area (Å²) >= 11 is 1.12. The van der Waals surface area contributed by atoms with E-state index in [4.69, 9.17) is 10.00 Å². The molecule has 140 valence electrons. The summed E-state index contributed by atoms with van der Waals surface area (Å²) in [5, 5.41) is 23.0. The molecule has 3 rings (SSSR count). The number of nitriles is 1. The highest BCUT2D eigenvalue weighted by atomic mass is 32.1. The van der Waals surface area contributed by atoms with Crippen molar-refractivity contribution in [2.75, 3.05) is 5.32 Å². The molecule has 3 aromatic rings. The highest BCUT2D eigenvalue weighted by Crippen LogP contribution is 2.29. The van der Waals surface area contributed by atoms with Crippen molar-refractivity contribution in [3.63, 3.8) is 0 Å². The van der Waals surface area contributed by atoms with Crippen molar-refractivity contribution in [1.82, 2.24) is 0 Å². The fourth-order valence-corrected chi connectivity index (χ4v) is 3.37. The minimum absolute atomic E-state index is 0.0749. The van der Waals surface area contributed by atoms with Gasteiger partial charge in [0.15, 0.2) is 6.10 Å². The van der Waals surface area contributed by atoms with Crippen molar-refractivity contribution in [3.8, 4) is 6.07 Å². The van der Waals surface area contributed by atoms with E-state index in [0.29, 0.717) is 21.3 Å². The topological polar surface area (TPSA) is 122 Å². The Hall–Kier alpha value is -3.77. The maximum absolute atomic E-state index is 12.3. The second-order valence-electron chi connectivity index (χ2n) is 5.78. The Bertz CT molecular complexity index is 1130. The third-order valence-corrected chi connectivity index (χ3v) is 4.97. The number of nitrogens with zero attached hydrogens (tertiary/aromatic N) is 2. The molecule has 1 heterocycles. The van der Waals surface area contributed by atoms with Crippen LogP contribution in [0.1, 0.15) is 22.2 Å². The molecule has 0 unspecified atom stereocenters. The van der Waals surface area contributed by atoms with Crippen molar-refractivity contribution < 1.29 is 19.2 Å². The zero-order chi connectivity index (χ0) is 20.3. The van der Waals surface area contributed by atoms with Crippen LogP contribution in [0, 0.1) is 21.4 Å². The monoisotopic (exact) mass is 395 g/mol. The molecular weight excluding hydrogens is 382 g/mol. The summed E-state index contributed by atoms with van der Waals surface area (Å²) in [5.74, 6) is -1.28. The molecule has 0 aliphatic carbocycles. The Labute approximate surface area is 163 Å². The number of carbonyl (C=O) groups excluding carboxylic acids is 2. The quantitative estimate of drug-likeness (QED) is 0.397. The van der Waals surface area contributed by atoms with E-state index in [1.807, 2.05) is 6.07 Å². The normalized spacial score (nSPS) is 11.4. The average Bonchev–Trinajstić information content (AvgIpc) is 3.11. The van der Waals surface area contributed by atoms with E-state index in [2.05, 4.69) is 5.32 Å². The fraction of sp³-hybridized carbons (Fsp3) is 0.105. The van der Waals surface area contributed by atoms with Gasteiger partial charge in [0.25, 0.3) is 11.6 Å². The van der Waals surface area contributed by atoms with Crippen LogP contribution in [0.5, 0.6) is 0 Å². The zero-order valence-electron chi connectivity index (χ0n) is 14.5. The first-order valence-electron chi connectivity index (χ1n) is 8.08. The Morgan fingerprint density at radius 2 is 2.00 bits per heavy atom. The second kappa shape index (κ2) is 7.85. The number of anilines is 1. The molecule has 1 atom stereocenters. The average molecular weight is 395 g/mol. The Balaban J connectivity index is 1.71. The maximum atomic E-state index is 12.3. The molecule has 0 fully saturated rings. The van der Waals surface area contributed by atoms with Gasteiger partial charge in [-0.05, 0) is 31.2 Å². The van der Waals surface area contributed by atoms with Gasteiger partial charge in [0.1, 0.15) is 10.9 Å². The smallest absolute Gasteiger partial charge is 0.349 e. The molecule has 0 aliphatic rings. The molecule has 0 radical (unpaired) electrons. The van der Waals surface area contributed by atoms with E-state index in [1.165, 1.54) is 25.1 Å². The summed E-state index contributed by atoms with van der Waals surface area (Å²) in [6.45, 7) is 1.42. The van der Waals surface area contributed by atoms with E-state index in [0.717, 1.165) is 11.3 Å². The van der Waals surface area contributed by atoms with Gasteiger partial charge in [0.2, 0.25) is 0 Å². The third-order valence-electron chi connectivity index (χ3n) is 3.87. The molecule has 1 amide bonds. The molecule has 8 nitrogen and oxygen atoms in total. The van der Waals surface area contributed by atoms with Crippen LogP contribution in [0.3, 0.4) is 0 Å². The number of rotatable bonds is 5. The molecule has 0 aliphatic heterocycles.